The minimum atomic E-state index is -0.462. The third-order valence-corrected chi connectivity index (χ3v) is 2.74. The zero-order valence-electron chi connectivity index (χ0n) is 8.95. The van der Waals surface area contributed by atoms with Gasteiger partial charge >= 0.3 is 0 Å². The van der Waals surface area contributed by atoms with Crippen molar-refractivity contribution >= 4 is 17.4 Å². The first-order valence-corrected chi connectivity index (χ1v) is 5.55. The van der Waals surface area contributed by atoms with Crippen LogP contribution in [0.3, 0.4) is 0 Å². The maximum Gasteiger partial charge on any atom is 0.164 e. The first kappa shape index (κ1) is 11.9. The molecule has 1 heterocycles. The van der Waals surface area contributed by atoms with E-state index in [0.717, 1.165) is 11.8 Å². The third kappa shape index (κ3) is 2.94. The normalized spacial score (nSPS) is 10.5. The second-order valence-electron chi connectivity index (χ2n) is 3.63. The van der Waals surface area contributed by atoms with Crippen molar-refractivity contribution in [2.24, 2.45) is 0 Å². The van der Waals surface area contributed by atoms with E-state index < -0.39 is 5.82 Å². The van der Waals surface area contributed by atoms with Gasteiger partial charge in [0, 0.05) is 18.4 Å². The maximum atomic E-state index is 13.0. The van der Waals surface area contributed by atoms with Crippen molar-refractivity contribution in [3.8, 4) is 0 Å². The molecule has 88 valence electrons. The van der Waals surface area contributed by atoms with Crippen LogP contribution in [0.25, 0.3) is 0 Å². The van der Waals surface area contributed by atoms with Gasteiger partial charge in [0.15, 0.2) is 5.78 Å². The zero-order chi connectivity index (χ0) is 12.3. The van der Waals surface area contributed by atoms with Crippen LogP contribution in [0.1, 0.15) is 22.5 Å². The molecule has 0 N–H and O–H groups in total. The first-order valence-electron chi connectivity index (χ1n) is 5.17. The minimum absolute atomic E-state index is 0.189. The van der Waals surface area contributed by atoms with Crippen LogP contribution >= 0.6 is 11.6 Å². The lowest BCUT2D eigenvalue weighted by Crippen LogP contribution is -2.02. The molecule has 0 bridgehead atoms. The summed E-state index contributed by atoms with van der Waals surface area (Å²) in [6, 6.07) is 7.32. The Balaban J connectivity index is 2.07. The molecule has 4 heteroatoms. The number of furan rings is 1. The number of carbonyl (C=O) groups excluding carboxylic acids is 1. The van der Waals surface area contributed by atoms with Gasteiger partial charge in [-0.3, -0.25) is 4.79 Å². The Morgan fingerprint density at radius 2 is 2.18 bits per heavy atom. The van der Waals surface area contributed by atoms with Gasteiger partial charge in [0.2, 0.25) is 0 Å². The summed E-state index contributed by atoms with van der Waals surface area (Å²) < 4.78 is 18.1. The summed E-state index contributed by atoms with van der Waals surface area (Å²) in [5.41, 5.74) is 0.221. The van der Waals surface area contributed by atoms with Crippen molar-refractivity contribution in [1.29, 1.82) is 0 Å². The summed E-state index contributed by atoms with van der Waals surface area (Å²) in [5, 5.41) is 0.274. The fourth-order valence-electron chi connectivity index (χ4n) is 1.54. The Kier molecular flexibility index (Phi) is 3.59. The fourth-order valence-corrected chi connectivity index (χ4v) is 1.76. The lowest BCUT2D eigenvalue weighted by atomic mass is 10.1. The molecule has 0 amide bonds. The Bertz CT molecular complexity index is 520. The van der Waals surface area contributed by atoms with Crippen LogP contribution in [0.15, 0.2) is 41.0 Å². The summed E-state index contributed by atoms with van der Waals surface area (Å²) in [7, 11) is 0. The average molecular weight is 253 g/mol. The number of halogens is 2. The van der Waals surface area contributed by atoms with E-state index in [9.17, 15) is 9.18 Å². The molecule has 1 aromatic heterocycles. The summed E-state index contributed by atoms with van der Waals surface area (Å²) in [4.78, 5) is 11.8. The van der Waals surface area contributed by atoms with Crippen molar-refractivity contribution < 1.29 is 13.6 Å². The lowest BCUT2D eigenvalue weighted by Gasteiger charge is -2.02. The molecule has 0 atom stereocenters. The number of carbonyl (C=O) groups is 1. The number of hydrogen-bond acceptors (Lipinski definition) is 2. The Labute approximate surface area is 103 Å². The largest absolute Gasteiger partial charge is 0.469 e. The topological polar surface area (TPSA) is 30.2 Å². The lowest BCUT2D eigenvalue weighted by molar-refractivity contribution is 0.0980. The molecule has 0 aliphatic carbocycles. The molecule has 0 radical (unpaired) electrons. The fraction of sp³-hybridized carbons (Fsp3) is 0.154. The number of benzene rings is 1. The van der Waals surface area contributed by atoms with Gasteiger partial charge in [-0.15, -0.1) is 0 Å². The zero-order valence-corrected chi connectivity index (χ0v) is 9.71. The molecular weight excluding hydrogens is 243 g/mol. The molecule has 0 unspecified atom stereocenters. The molecule has 0 spiro atoms. The number of aryl methyl sites for hydroxylation is 1. The second kappa shape index (κ2) is 5.15. The van der Waals surface area contributed by atoms with Gasteiger partial charge in [0.1, 0.15) is 11.6 Å². The van der Waals surface area contributed by atoms with Crippen molar-refractivity contribution in [3.63, 3.8) is 0 Å². The van der Waals surface area contributed by atoms with Gasteiger partial charge in [-0.2, -0.15) is 0 Å². The van der Waals surface area contributed by atoms with E-state index in [1.165, 1.54) is 12.1 Å². The molecule has 0 aliphatic rings. The molecule has 0 saturated heterocycles. The van der Waals surface area contributed by atoms with Crippen molar-refractivity contribution in [2.75, 3.05) is 0 Å². The van der Waals surface area contributed by atoms with Crippen LogP contribution in [-0.2, 0) is 6.42 Å². The van der Waals surface area contributed by atoms with Crippen LogP contribution in [-0.4, -0.2) is 5.78 Å². The smallest absolute Gasteiger partial charge is 0.164 e. The van der Waals surface area contributed by atoms with Gasteiger partial charge in [-0.25, -0.2) is 4.39 Å². The molecule has 1 aromatic carbocycles. The molecule has 2 nitrogen and oxygen atoms in total. The maximum absolute atomic E-state index is 13.0. The monoisotopic (exact) mass is 252 g/mol. The van der Waals surface area contributed by atoms with E-state index in [0.29, 0.717) is 6.42 Å². The number of hydrogen-bond donors (Lipinski definition) is 0. The van der Waals surface area contributed by atoms with Gasteiger partial charge in [-0.05, 0) is 30.3 Å². The molecule has 17 heavy (non-hydrogen) atoms. The van der Waals surface area contributed by atoms with E-state index in [1.807, 2.05) is 0 Å². The van der Waals surface area contributed by atoms with Gasteiger partial charge in [0.05, 0.1) is 11.3 Å². The minimum Gasteiger partial charge on any atom is -0.469 e. The molecule has 2 aromatic rings. The van der Waals surface area contributed by atoms with E-state index in [2.05, 4.69) is 0 Å². The number of ketones is 1. The van der Waals surface area contributed by atoms with Gasteiger partial charge < -0.3 is 4.42 Å². The predicted molar refractivity (Wildman–Crippen MR) is 62.8 cm³/mol. The SMILES string of the molecule is O=C(CCc1ccco1)c1cc(F)ccc1Cl. The van der Waals surface area contributed by atoms with Crippen LogP contribution in [0.4, 0.5) is 4.39 Å². The van der Waals surface area contributed by atoms with Crippen molar-refractivity contribution in [3.05, 3.63) is 58.8 Å². The van der Waals surface area contributed by atoms with Crippen LogP contribution in [0.5, 0.6) is 0 Å². The summed E-state index contributed by atoms with van der Waals surface area (Å²) in [6.07, 6.45) is 2.28. The molecule has 2 rings (SSSR count). The Morgan fingerprint density at radius 3 is 2.88 bits per heavy atom. The first-order chi connectivity index (χ1) is 8.16. The Hall–Kier alpha value is -1.61. The molecule has 0 saturated carbocycles. The highest BCUT2D eigenvalue weighted by Crippen LogP contribution is 2.19. The number of Topliss-reactive ketones (excluding diaryl/α,β-unsaturated/α-hetero) is 1. The standard InChI is InChI=1S/C13H10ClFO2/c14-12-5-3-9(15)8-11(12)13(16)6-4-10-2-1-7-17-10/h1-3,5,7-8H,4,6H2. The van der Waals surface area contributed by atoms with Gasteiger partial charge in [-0.1, -0.05) is 11.6 Å². The highest BCUT2D eigenvalue weighted by atomic mass is 35.5. The quantitative estimate of drug-likeness (QED) is 0.773. The number of rotatable bonds is 4. The van der Waals surface area contributed by atoms with Crippen molar-refractivity contribution in [1.82, 2.24) is 0 Å². The van der Waals surface area contributed by atoms with Crippen LogP contribution in [0.2, 0.25) is 5.02 Å². The molecule has 0 aliphatic heterocycles. The second-order valence-corrected chi connectivity index (χ2v) is 4.03. The van der Waals surface area contributed by atoms with Crippen LogP contribution < -0.4 is 0 Å². The van der Waals surface area contributed by atoms with E-state index >= 15 is 0 Å². The summed E-state index contributed by atoms with van der Waals surface area (Å²) >= 11 is 5.84. The highest BCUT2D eigenvalue weighted by Gasteiger charge is 2.12. The summed E-state index contributed by atoms with van der Waals surface area (Å²) in [6.45, 7) is 0. The van der Waals surface area contributed by atoms with Crippen molar-refractivity contribution in [2.45, 2.75) is 12.8 Å². The summed E-state index contributed by atoms with van der Waals surface area (Å²) in [5.74, 6) is 0.0764. The predicted octanol–water partition coefficient (Wildman–Crippen LogP) is 3.89. The third-order valence-electron chi connectivity index (χ3n) is 2.41. The molecular formula is C13H10ClFO2. The van der Waals surface area contributed by atoms with E-state index in [1.54, 1.807) is 18.4 Å². The van der Waals surface area contributed by atoms with Gasteiger partial charge in [0.25, 0.3) is 0 Å². The van der Waals surface area contributed by atoms with Crippen LogP contribution in [0, 0.1) is 5.82 Å². The highest BCUT2D eigenvalue weighted by molar-refractivity contribution is 6.33. The molecule has 0 fully saturated rings. The van der Waals surface area contributed by atoms with E-state index in [4.69, 9.17) is 16.0 Å². The average Bonchev–Trinajstić information content (AvgIpc) is 2.82. The Morgan fingerprint density at radius 1 is 1.35 bits per heavy atom. The van der Waals surface area contributed by atoms with E-state index in [-0.39, 0.29) is 22.8 Å².